The first kappa shape index (κ1) is 31.7. The van der Waals surface area contributed by atoms with Crippen molar-refractivity contribution in [2.75, 3.05) is 49.6 Å². The Balaban J connectivity index is 1.32. The number of nitrogens with zero attached hydrogens (tertiary/aromatic N) is 7. The summed E-state index contributed by atoms with van der Waals surface area (Å²) in [5.74, 6) is -0.769. The maximum absolute atomic E-state index is 14.0. The third-order valence-electron chi connectivity index (χ3n) is 8.23. The summed E-state index contributed by atoms with van der Waals surface area (Å²) < 4.78 is 47.6. The number of fused-ring (bicyclic) bond motifs is 1. The molecule has 16 heteroatoms. The summed E-state index contributed by atoms with van der Waals surface area (Å²) in [6, 6.07) is 5.97. The molecule has 2 aliphatic heterocycles. The molecular formula is C31H31F3N8O5. The zero-order valence-corrected chi connectivity index (χ0v) is 25.5. The number of aromatic nitrogens is 5. The number of amides is 2. The average Bonchev–Trinajstić information content (AvgIpc) is 3.50. The van der Waals surface area contributed by atoms with Crippen LogP contribution in [0, 0.1) is 13.8 Å². The summed E-state index contributed by atoms with van der Waals surface area (Å²) in [5, 5.41) is 17.3. The Bertz CT molecular complexity index is 1960. The molecule has 6 rings (SSSR count). The van der Waals surface area contributed by atoms with E-state index in [-0.39, 0.29) is 66.9 Å². The first-order valence-corrected chi connectivity index (χ1v) is 14.9. The van der Waals surface area contributed by atoms with Gasteiger partial charge in [0.15, 0.2) is 11.5 Å². The van der Waals surface area contributed by atoms with E-state index >= 15 is 0 Å². The van der Waals surface area contributed by atoms with Crippen LogP contribution in [0.4, 0.5) is 24.5 Å². The Morgan fingerprint density at radius 2 is 1.87 bits per heavy atom. The van der Waals surface area contributed by atoms with E-state index in [1.54, 1.807) is 11.5 Å². The molecule has 0 aliphatic carbocycles. The lowest BCUT2D eigenvalue weighted by Crippen LogP contribution is -2.51. The molecule has 2 N–H and O–H groups in total. The minimum absolute atomic E-state index is 0.0623. The largest absolute Gasteiger partial charge is 0.505 e. The van der Waals surface area contributed by atoms with Gasteiger partial charge < -0.3 is 29.5 Å². The van der Waals surface area contributed by atoms with Crippen LogP contribution in [0.15, 0.2) is 47.4 Å². The summed E-state index contributed by atoms with van der Waals surface area (Å²) >= 11 is 0. The molecular weight excluding hydrogens is 621 g/mol. The van der Waals surface area contributed by atoms with Gasteiger partial charge in [0, 0.05) is 43.8 Å². The molecule has 0 radical (unpaired) electrons. The number of piperazine rings is 1. The molecule has 47 heavy (non-hydrogen) atoms. The third-order valence-corrected chi connectivity index (χ3v) is 8.23. The lowest BCUT2D eigenvalue weighted by molar-refractivity contribution is -0.137. The number of hydrogen-bond acceptors (Lipinski definition) is 9. The van der Waals surface area contributed by atoms with Crippen LogP contribution in [0.3, 0.4) is 0 Å². The second kappa shape index (κ2) is 12.5. The molecule has 0 spiro atoms. The van der Waals surface area contributed by atoms with Gasteiger partial charge in [-0.05, 0) is 61.7 Å². The highest BCUT2D eigenvalue weighted by atomic mass is 19.4. The van der Waals surface area contributed by atoms with Crippen molar-refractivity contribution in [2.24, 2.45) is 0 Å². The molecule has 5 heterocycles. The van der Waals surface area contributed by atoms with Gasteiger partial charge in [-0.1, -0.05) is 6.08 Å². The van der Waals surface area contributed by atoms with Gasteiger partial charge in [0.1, 0.15) is 18.0 Å². The maximum atomic E-state index is 14.0. The fourth-order valence-corrected chi connectivity index (χ4v) is 5.73. The lowest BCUT2D eigenvalue weighted by atomic mass is 10.1. The predicted molar refractivity (Wildman–Crippen MR) is 164 cm³/mol. The van der Waals surface area contributed by atoms with Gasteiger partial charge in [0.05, 0.1) is 18.8 Å². The van der Waals surface area contributed by atoms with Crippen LogP contribution in [0.1, 0.15) is 39.6 Å². The molecule has 2 amide bonds. The van der Waals surface area contributed by atoms with Crippen molar-refractivity contribution in [1.82, 2.24) is 29.0 Å². The van der Waals surface area contributed by atoms with Crippen LogP contribution in [0.2, 0.25) is 0 Å². The van der Waals surface area contributed by atoms with E-state index in [0.29, 0.717) is 31.2 Å². The summed E-state index contributed by atoms with van der Waals surface area (Å²) in [6.07, 6.45) is -0.738. The number of nitrogens with one attached hydrogen (secondary N) is 1. The molecule has 1 aromatic carbocycles. The zero-order valence-electron chi connectivity index (χ0n) is 25.5. The predicted octanol–water partition coefficient (Wildman–Crippen LogP) is 3.03. The molecule has 13 nitrogen and oxygen atoms in total. The molecule has 246 valence electrons. The van der Waals surface area contributed by atoms with Crippen LogP contribution in [0.25, 0.3) is 11.4 Å². The van der Waals surface area contributed by atoms with Crippen molar-refractivity contribution >= 4 is 34.5 Å². The number of rotatable bonds is 6. The minimum Gasteiger partial charge on any atom is -0.505 e. The molecule has 4 aromatic rings. The summed E-state index contributed by atoms with van der Waals surface area (Å²) in [7, 11) is 0. The van der Waals surface area contributed by atoms with E-state index < -0.39 is 29.1 Å². The Kier molecular flexibility index (Phi) is 8.44. The topological polar surface area (TPSA) is 147 Å². The molecule has 0 bridgehead atoms. The number of hydrogen-bond donors (Lipinski definition) is 2. The van der Waals surface area contributed by atoms with Crippen LogP contribution >= 0.6 is 0 Å². The van der Waals surface area contributed by atoms with E-state index in [0.717, 1.165) is 22.2 Å². The number of benzene rings is 1. The van der Waals surface area contributed by atoms with E-state index in [9.17, 15) is 32.7 Å². The minimum atomic E-state index is -4.52. The monoisotopic (exact) mass is 652 g/mol. The number of anilines is 2. The highest BCUT2D eigenvalue weighted by Gasteiger charge is 2.32. The molecule has 0 unspecified atom stereocenters. The summed E-state index contributed by atoms with van der Waals surface area (Å²) in [4.78, 5) is 52.3. The standard InChI is InChI=1S/C31H31F3N8O5/c1-18-16-21(31(32,33)34)5-6-22(18)36-24(44)17-41-19(2)26(29(46)42-30(41)37-27(38-42)20-7-14-47-15-8-20)39-10-12-40(13-11-39)28(45)25-23(43)4-3-9-35-25/h3-7,9,16,43H,8,10-15,17H2,1-2H3,(H,36,44). The van der Waals surface area contributed by atoms with Crippen molar-refractivity contribution in [1.29, 1.82) is 0 Å². The molecule has 0 saturated carbocycles. The van der Waals surface area contributed by atoms with Gasteiger partial charge in [-0.2, -0.15) is 22.7 Å². The Hall–Kier alpha value is -5.25. The molecule has 0 atom stereocenters. The van der Waals surface area contributed by atoms with Gasteiger partial charge in [0.25, 0.3) is 11.5 Å². The Labute approximate surface area is 265 Å². The number of ether oxygens (including phenoxy) is 1. The number of pyridine rings is 1. The summed E-state index contributed by atoms with van der Waals surface area (Å²) in [5.41, 5.74) is 0.581. The Morgan fingerprint density at radius 3 is 2.53 bits per heavy atom. The second-order valence-electron chi connectivity index (χ2n) is 11.3. The lowest BCUT2D eigenvalue weighted by Gasteiger charge is -2.36. The normalized spacial score (nSPS) is 15.6. The average molecular weight is 653 g/mol. The summed E-state index contributed by atoms with van der Waals surface area (Å²) in [6.45, 7) is 4.66. The highest BCUT2D eigenvalue weighted by Crippen LogP contribution is 2.32. The fourth-order valence-electron chi connectivity index (χ4n) is 5.73. The number of halogens is 3. The fraction of sp³-hybridized carbons (Fsp3) is 0.355. The SMILES string of the molecule is Cc1cc(C(F)(F)F)ccc1NC(=O)Cn1c(C)c(N2CCN(C(=O)c3ncccc3O)CC2)c(=O)n2nc(C3=CCOCC3)nc12. The van der Waals surface area contributed by atoms with Gasteiger partial charge in [-0.15, -0.1) is 5.10 Å². The number of alkyl halides is 3. The van der Waals surface area contributed by atoms with Crippen LogP contribution in [0.5, 0.6) is 5.75 Å². The van der Waals surface area contributed by atoms with E-state index in [1.165, 1.54) is 36.2 Å². The first-order valence-electron chi connectivity index (χ1n) is 14.9. The molecule has 2 aliphatic rings. The van der Waals surface area contributed by atoms with Crippen molar-refractivity contribution in [3.05, 3.63) is 81.3 Å². The molecule has 3 aromatic heterocycles. The third kappa shape index (κ3) is 6.27. The highest BCUT2D eigenvalue weighted by molar-refractivity contribution is 5.95. The van der Waals surface area contributed by atoms with Gasteiger partial charge in [0.2, 0.25) is 11.7 Å². The van der Waals surface area contributed by atoms with Crippen LogP contribution in [-0.2, 0) is 22.3 Å². The zero-order chi connectivity index (χ0) is 33.5. The van der Waals surface area contributed by atoms with Crippen LogP contribution in [-0.4, -0.2) is 85.4 Å². The number of carbonyl (C=O) groups excluding carboxylic acids is 2. The number of carbonyl (C=O) groups is 2. The van der Waals surface area contributed by atoms with E-state index in [2.05, 4.69) is 20.4 Å². The van der Waals surface area contributed by atoms with Crippen molar-refractivity contribution in [3.63, 3.8) is 0 Å². The van der Waals surface area contributed by atoms with E-state index in [1.807, 2.05) is 11.0 Å². The second-order valence-corrected chi connectivity index (χ2v) is 11.3. The smallest absolute Gasteiger partial charge is 0.416 e. The van der Waals surface area contributed by atoms with Gasteiger partial charge in [-0.25, -0.2) is 4.98 Å². The quantitative estimate of drug-likeness (QED) is 0.321. The van der Waals surface area contributed by atoms with Crippen molar-refractivity contribution in [2.45, 2.75) is 33.0 Å². The van der Waals surface area contributed by atoms with Crippen molar-refractivity contribution < 1.29 is 32.6 Å². The van der Waals surface area contributed by atoms with Crippen LogP contribution < -0.4 is 15.8 Å². The van der Waals surface area contributed by atoms with Gasteiger partial charge >= 0.3 is 6.18 Å². The number of aryl methyl sites for hydroxylation is 1. The van der Waals surface area contributed by atoms with E-state index in [4.69, 9.17) is 4.74 Å². The Morgan fingerprint density at radius 1 is 1.11 bits per heavy atom. The number of aromatic hydroxyl groups is 1. The maximum Gasteiger partial charge on any atom is 0.416 e. The molecule has 1 saturated heterocycles. The van der Waals surface area contributed by atoms with Gasteiger partial charge in [-0.3, -0.25) is 14.4 Å². The molecule has 1 fully saturated rings. The van der Waals surface area contributed by atoms with Crippen molar-refractivity contribution in [3.8, 4) is 5.75 Å². The first-order chi connectivity index (χ1) is 22.4.